The van der Waals surface area contributed by atoms with Gasteiger partial charge in [-0.2, -0.15) is 5.10 Å². The normalized spacial score (nSPS) is 25.7. The number of ether oxygens (including phenoxy) is 1. The van der Waals surface area contributed by atoms with Crippen LogP contribution >= 0.6 is 0 Å². The Hall–Kier alpha value is -1.89. The number of piperazine rings is 1. The van der Waals surface area contributed by atoms with Gasteiger partial charge in [0.2, 0.25) is 11.8 Å². The van der Waals surface area contributed by atoms with E-state index in [9.17, 15) is 9.59 Å². The van der Waals surface area contributed by atoms with E-state index < -0.39 is 0 Å². The number of hydrogen-bond donors (Lipinski definition) is 0. The largest absolute Gasteiger partial charge is 0.377 e. The van der Waals surface area contributed by atoms with Crippen molar-refractivity contribution in [2.45, 2.75) is 32.3 Å². The summed E-state index contributed by atoms with van der Waals surface area (Å²) in [4.78, 5) is 28.6. The minimum Gasteiger partial charge on any atom is -0.377 e. The Labute approximate surface area is 136 Å². The lowest BCUT2D eigenvalue weighted by molar-refractivity contribution is -0.148. The Balaban J connectivity index is 1.65. The Kier molecular flexibility index (Phi) is 4.66. The van der Waals surface area contributed by atoms with Crippen molar-refractivity contribution in [3.05, 3.63) is 12.4 Å². The van der Waals surface area contributed by atoms with Crippen molar-refractivity contribution >= 4 is 17.5 Å². The van der Waals surface area contributed by atoms with Crippen molar-refractivity contribution in [1.29, 1.82) is 0 Å². The zero-order chi connectivity index (χ0) is 16.4. The van der Waals surface area contributed by atoms with Crippen LogP contribution < -0.4 is 4.90 Å². The first kappa shape index (κ1) is 16.0. The Morgan fingerprint density at radius 2 is 2.26 bits per heavy atom. The molecule has 7 nitrogen and oxygen atoms in total. The summed E-state index contributed by atoms with van der Waals surface area (Å²) in [6, 6.07) is 0. The first-order valence-electron chi connectivity index (χ1n) is 8.29. The molecule has 2 aliphatic rings. The van der Waals surface area contributed by atoms with Gasteiger partial charge in [0.1, 0.15) is 6.54 Å². The number of anilines is 1. The molecular formula is C16H24N4O3. The fourth-order valence-corrected chi connectivity index (χ4v) is 3.44. The standard InChI is InChI=1S/C16H24N4O3/c1-3-14-13(5-4-8-23-14)16(22)19-6-7-20(15(21)11-19)12-9-17-18(2)10-12/h9-10,13-14H,3-8,11H2,1-2H3/t13-,14+/m0/s1. The molecule has 2 atom stereocenters. The molecule has 0 saturated carbocycles. The Bertz CT molecular complexity index is 586. The molecule has 3 heterocycles. The first-order chi connectivity index (χ1) is 11.1. The second-order valence-corrected chi connectivity index (χ2v) is 6.24. The highest BCUT2D eigenvalue weighted by Crippen LogP contribution is 2.26. The maximum Gasteiger partial charge on any atom is 0.246 e. The van der Waals surface area contributed by atoms with E-state index in [4.69, 9.17) is 4.74 Å². The molecule has 1 aromatic heterocycles. The first-order valence-corrected chi connectivity index (χ1v) is 8.29. The maximum atomic E-state index is 12.8. The highest BCUT2D eigenvalue weighted by molar-refractivity contribution is 5.98. The van der Waals surface area contributed by atoms with Crippen molar-refractivity contribution in [3.8, 4) is 0 Å². The van der Waals surface area contributed by atoms with Crippen LogP contribution in [0.25, 0.3) is 0 Å². The lowest BCUT2D eigenvalue weighted by atomic mass is 9.91. The Morgan fingerprint density at radius 1 is 1.43 bits per heavy atom. The van der Waals surface area contributed by atoms with Crippen molar-refractivity contribution in [1.82, 2.24) is 14.7 Å². The summed E-state index contributed by atoms with van der Waals surface area (Å²) in [5.41, 5.74) is 0.789. The number of nitrogens with zero attached hydrogens (tertiary/aromatic N) is 4. The molecule has 0 aromatic carbocycles. The van der Waals surface area contributed by atoms with E-state index >= 15 is 0 Å². The van der Waals surface area contributed by atoms with Gasteiger partial charge in [-0.05, 0) is 19.3 Å². The molecular weight excluding hydrogens is 296 g/mol. The van der Waals surface area contributed by atoms with Gasteiger partial charge < -0.3 is 14.5 Å². The minimum absolute atomic E-state index is 0.0114. The van der Waals surface area contributed by atoms with Gasteiger partial charge in [-0.25, -0.2) is 0 Å². The molecule has 0 N–H and O–H groups in total. The number of amides is 2. The topological polar surface area (TPSA) is 67.7 Å². The lowest BCUT2D eigenvalue weighted by Crippen LogP contribution is -2.55. The van der Waals surface area contributed by atoms with Crippen LogP contribution in [0.4, 0.5) is 5.69 Å². The molecule has 7 heteroatoms. The molecule has 2 amide bonds. The monoisotopic (exact) mass is 320 g/mol. The summed E-state index contributed by atoms with van der Waals surface area (Å²) in [7, 11) is 1.82. The van der Waals surface area contributed by atoms with Crippen molar-refractivity contribution < 1.29 is 14.3 Å². The Morgan fingerprint density at radius 3 is 2.91 bits per heavy atom. The van der Waals surface area contributed by atoms with Gasteiger partial charge in [-0.15, -0.1) is 0 Å². The zero-order valence-electron chi connectivity index (χ0n) is 13.8. The summed E-state index contributed by atoms with van der Waals surface area (Å²) >= 11 is 0. The predicted molar refractivity (Wildman–Crippen MR) is 84.9 cm³/mol. The highest BCUT2D eigenvalue weighted by Gasteiger charge is 2.36. The SMILES string of the molecule is CC[C@H]1OCCC[C@@H]1C(=O)N1CCN(c2cnn(C)c2)C(=O)C1. The number of aromatic nitrogens is 2. The number of carbonyl (C=O) groups is 2. The fraction of sp³-hybridized carbons (Fsp3) is 0.688. The summed E-state index contributed by atoms with van der Waals surface area (Å²) in [5, 5.41) is 4.10. The van der Waals surface area contributed by atoms with Gasteiger partial charge in [-0.1, -0.05) is 6.92 Å². The summed E-state index contributed by atoms with van der Waals surface area (Å²) < 4.78 is 7.39. The molecule has 23 heavy (non-hydrogen) atoms. The van der Waals surface area contributed by atoms with Crippen LogP contribution in [-0.4, -0.2) is 58.8 Å². The molecule has 3 rings (SSSR count). The number of carbonyl (C=O) groups excluding carboxylic acids is 2. The third-order valence-electron chi connectivity index (χ3n) is 4.70. The maximum absolute atomic E-state index is 12.8. The smallest absolute Gasteiger partial charge is 0.246 e. The molecule has 0 spiro atoms. The van der Waals surface area contributed by atoms with Gasteiger partial charge in [0.25, 0.3) is 0 Å². The zero-order valence-corrected chi connectivity index (χ0v) is 13.8. The van der Waals surface area contributed by atoms with Crippen LogP contribution in [0.3, 0.4) is 0 Å². The quantitative estimate of drug-likeness (QED) is 0.826. The second-order valence-electron chi connectivity index (χ2n) is 6.24. The summed E-state index contributed by atoms with van der Waals surface area (Å²) in [6.45, 7) is 3.99. The molecule has 1 aromatic rings. The van der Waals surface area contributed by atoms with Gasteiger partial charge in [0.05, 0.1) is 23.9 Å². The van der Waals surface area contributed by atoms with E-state index in [-0.39, 0.29) is 30.4 Å². The van der Waals surface area contributed by atoms with Crippen molar-refractivity contribution in [2.75, 3.05) is 31.1 Å². The van der Waals surface area contributed by atoms with Crippen LogP contribution in [0.1, 0.15) is 26.2 Å². The molecule has 0 unspecified atom stereocenters. The molecule has 0 aliphatic carbocycles. The number of rotatable bonds is 3. The number of aryl methyl sites for hydroxylation is 1. The average molecular weight is 320 g/mol. The lowest BCUT2D eigenvalue weighted by Gasteiger charge is -2.38. The van der Waals surface area contributed by atoms with Crippen LogP contribution in [0.15, 0.2) is 12.4 Å². The van der Waals surface area contributed by atoms with Crippen LogP contribution in [-0.2, 0) is 21.4 Å². The summed E-state index contributed by atoms with van der Waals surface area (Å²) in [5.74, 6) is -0.0930. The molecule has 2 saturated heterocycles. The molecule has 2 fully saturated rings. The van der Waals surface area contributed by atoms with Gasteiger partial charge >= 0.3 is 0 Å². The third kappa shape index (κ3) is 3.24. The van der Waals surface area contributed by atoms with Gasteiger partial charge in [0.15, 0.2) is 0 Å². The van der Waals surface area contributed by atoms with E-state index in [1.54, 1.807) is 20.7 Å². The number of hydrogen-bond acceptors (Lipinski definition) is 4. The summed E-state index contributed by atoms with van der Waals surface area (Å²) in [6.07, 6.45) is 6.09. The van der Waals surface area contributed by atoms with Crippen molar-refractivity contribution in [2.24, 2.45) is 13.0 Å². The second kappa shape index (κ2) is 6.70. The predicted octanol–water partition coefficient (Wildman–Crippen LogP) is 0.800. The van der Waals surface area contributed by atoms with Gasteiger partial charge in [0, 0.05) is 32.9 Å². The van der Waals surface area contributed by atoms with E-state index in [2.05, 4.69) is 5.10 Å². The molecule has 0 radical (unpaired) electrons. The van der Waals surface area contributed by atoms with E-state index in [1.807, 2.05) is 20.2 Å². The minimum atomic E-state index is -0.105. The highest BCUT2D eigenvalue weighted by atomic mass is 16.5. The molecule has 126 valence electrons. The van der Waals surface area contributed by atoms with Crippen LogP contribution in [0.5, 0.6) is 0 Å². The van der Waals surface area contributed by atoms with E-state index in [0.717, 1.165) is 31.6 Å². The fourth-order valence-electron chi connectivity index (χ4n) is 3.44. The van der Waals surface area contributed by atoms with Crippen molar-refractivity contribution in [3.63, 3.8) is 0 Å². The van der Waals surface area contributed by atoms with E-state index in [1.165, 1.54) is 0 Å². The molecule has 2 aliphatic heterocycles. The van der Waals surface area contributed by atoms with Crippen LogP contribution in [0, 0.1) is 5.92 Å². The average Bonchev–Trinajstić information content (AvgIpc) is 3.00. The van der Waals surface area contributed by atoms with E-state index in [0.29, 0.717) is 13.1 Å². The third-order valence-corrected chi connectivity index (χ3v) is 4.70. The van der Waals surface area contributed by atoms with Crippen LogP contribution in [0.2, 0.25) is 0 Å². The van der Waals surface area contributed by atoms with Gasteiger partial charge in [-0.3, -0.25) is 14.3 Å². The molecule has 0 bridgehead atoms.